The van der Waals surface area contributed by atoms with Gasteiger partial charge in [-0.3, -0.25) is 23.7 Å². The minimum Gasteiger partial charge on any atom is -0.459 e. The highest BCUT2D eigenvalue weighted by atomic mass is 32.2. The second kappa shape index (κ2) is 11.1. The van der Waals surface area contributed by atoms with Crippen LogP contribution in [0.5, 0.6) is 0 Å². The Balaban J connectivity index is 1.37. The highest BCUT2D eigenvalue weighted by Gasteiger charge is 2.72. The standard InChI is InChI=1S/C25H34F2O12S/c1-4-24(3,13-8-6-5-7-9-13)39-23(31)17-16-18-21(38-22(16)30)20(19(17)37-18)36-15(29)11-10-14(28)35-12(2)25(26,27)40(32,33)34/h12-13,16-21H,4-11H2,1-3H3,(H,32,33,34). The van der Waals surface area contributed by atoms with Crippen molar-refractivity contribution in [3.63, 3.8) is 0 Å². The van der Waals surface area contributed by atoms with Crippen molar-refractivity contribution in [2.45, 2.75) is 114 Å². The Morgan fingerprint density at radius 2 is 1.70 bits per heavy atom. The number of ether oxygens (including phenoxy) is 5. The van der Waals surface area contributed by atoms with E-state index in [9.17, 15) is 36.4 Å². The molecule has 40 heavy (non-hydrogen) atoms. The summed E-state index contributed by atoms with van der Waals surface area (Å²) >= 11 is 0. The molecule has 0 aromatic heterocycles. The first kappa shape index (κ1) is 30.6. The molecule has 0 radical (unpaired) electrons. The Kier molecular flexibility index (Phi) is 8.50. The fourth-order valence-corrected chi connectivity index (χ4v) is 6.61. The molecule has 226 valence electrons. The van der Waals surface area contributed by atoms with Gasteiger partial charge in [0.05, 0.1) is 12.8 Å². The van der Waals surface area contributed by atoms with Gasteiger partial charge in [-0.25, -0.2) is 0 Å². The van der Waals surface area contributed by atoms with E-state index in [-0.39, 0.29) is 5.92 Å². The molecule has 1 N–H and O–H groups in total. The second-order valence-corrected chi connectivity index (χ2v) is 12.6. The van der Waals surface area contributed by atoms with Crippen LogP contribution in [0.25, 0.3) is 0 Å². The summed E-state index contributed by atoms with van der Waals surface area (Å²) in [5.41, 5.74) is -0.739. The topological polar surface area (TPSA) is 169 Å². The van der Waals surface area contributed by atoms with Crippen molar-refractivity contribution < 1.29 is 64.6 Å². The summed E-state index contributed by atoms with van der Waals surface area (Å²) in [5.74, 6) is -5.41. The van der Waals surface area contributed by atoms with Gasteiger partial charge in [0.25, 0.3) is 0 Å². The molecule has 8 atom stereocenters. The zero-order valence-electron chi connectivity index (χ0n) is 22.4. The third-order valence-corrected chi connectivity index (χ3v) is 9.63. The van der Waals surface area contributed by atoms with E-state index in [1.54, 1.807) is 0 Å². The molecular weight excluding hydrogens is 562 g/mol. The average Bonchev–Trinajstić information content (AvgIpc) is 3.51. The number of rotatable bonds is 11. The Bertz CT molecular complexity index is 1140. The van der Waals surface area contributed by atoms with E-state index in [0.29, 0.717) is 13.3 Å². The highest BCUT2D eigenvalue weighted by molar-refractivity contribution is 7.86. The van der Waals surface area contributed by atoms with Gasteiger partial charge in [0, 0.05) is 0 Å². The third-order valence-electron chi connectivity index (χ3n) is 8.61. The lowest BCUT2D eigenvalue weighted by molar-refractivity contribution is -0.178. The molecule has 8 unspecified atom stereocenters. The lowest BCUT2D eigenvalue weighted by atomic mass is 9.75. The van der Waals surface area contributed by atoms with Crippen molar-refractivity contribution in [2.75, 3.05) is 0 Å². The molecular formula is C25H34F2O12S. The van der Waals surface area contributed by atoms with Gasteiger partial charge in [0.2, 0.25) is 0 Å². The zero-order chi connectivity index (χ0) is 29.6. The molecule has 12 nitrogen and oxygen atoms in total. The van der Waals surface area contributed by atoms with Crippen molar-refractivity contribution in [2.24, 2.45) is 17.8 Å². The minimum atomic E-state index is -5.84. The molecule has 3 heterocycles. The number of alkyl halides is 2. The molecule has 0 aromatic rings. The van der Waals surface area contributed by atoms with E-state index in [2.05, 4.69) is 4.74 Å². The Morgan fingerprint density at radius 3 is 2.30 bits per heavy atom. The van der Waals surface area contributed by atoms with Crippen LogP contribution in [-0.4, -0.2) is 78.2 Å². The Hall–Kier alpha value is -2.39. The number of esters is 4. The van der Waals surface area contributed by atoms with E-state index in [1.807, 2.05) is 13.8 Å². The van der Waals surface area contributed by atoms with Crippen LogP contribution in [0.1, 0.15) is 72.1 Å². The van der Waals surface area contributed by atoms with Crippen LogP contribution in [0, 0.1) is 17.8 Å². The van der Waals surface area contributed by atoms with Gasteiger partial charge in [-0.05, 0) is 39.0 Å². The van der Waals surface area contributed by atoms with Crippen LogP contribution in [-0.2, 0) is 53.0 Å². The maximum atomic E-state index is 13.6. The predicted molar refractivity (Wildman–Crippen MR) is 128 cm³/mol. The van der Waals surface area contributed by atoms with Gasteiger partial charge >= 0.3 is 39.2 Å². The first-order chi connectivity index (χ1) is 18.6. The molecule has 3 aliphatic heterocycles. The summed E-state index contributed by atoms with van der Waals surface area (Å²) in [6.07, 6.45) is -2.22. The maximum absolute atomic E-state index is 13.6. The van der Waals surface area contributed by atoms with Crippen molar-refractivity contribution in [1.29, 1.82) is 0 Å². The second-order valence-electron chi connectivity index (χ2n) is 11.1. The van der Waals surface area contributed by atoms with Gasteiger partial charge in [0.1, 0.15) is 29.6 Å². The van der Waals surface area contributed by atoms with E-state index in [1.165, 1.54) is 0 Å². The molecule has 4 rings (SSSR count). The van der Waals surface area contributed by atoms with Gasteiger partial charge in [-0.15, -0.1) is 0 Å². The normalized spacial score (nSPS) is 32.2. The first-order valence-corrected chi connectivity index (χ1v) is 14.9. The van der Waals surface area contributed by atoms with E-state index in [0.717, 1.165) is 32.1 Å². The zero-order valence-corrected chi connectivity index (χ0v) is 23.2. The highest BCUT2D eigenvalue weighted by Crippen LogP contribution is 2.52. The molecule has 2 bridgehead atoms. The summed E-state index contributed by atoms with van der Waals surface area (Å²) in [6, 6.07) is 0. The molecule has 4 aliphatic rings. The van der Waals surface area contributed by atoms with Crippen molar-refractivity contribution in [3.8, 4) is 0 Å². The van der Waals surface area contributed by atoms with Gasteiger partial charge in [0.15, 0.2) is 18.3 Å². The lowest BCUT2D eigenvalue weighted by Crippen LogP contribution is -2.50. The van der Waals surface area contributed by atoms with E-state index < -0.39 is 100 Å². The monoisotopic (exact) mass is 596 g/mol. The van der Waals surface area contributed by atoms with Crippen LogP contribution in [0.15, 0.2) is 0 Å². The molecule has 0 amide bonds. The molecule has 1 aliphatic carbocycles. The fourth-order valence-electron chi connectivity index (χ4n) is 6.14. The van der Waals surface area contributed by atoms with Crippen LogP contribution < -0.4 is 0 Å². The van der Waals surface area contributed by atoms with Gasteiger partial charge < -0.3 is 23.7 Å². The maximum Gasteiger partial charge on any atom is 0.405 e. The summed E-state index contributed by atoms with van der Waals surface area (Å²) in [4.78, 5) is 50.5. The summed E-state index contributed by atoms with van der Waals surface area (Å²) in [6.45, 7) is 4.38. The quantitative estimate of drug-likeness (QED) is 0.210. The molecule has 0 aromatic carbocycles. The van der Waals surface area contributed by atoms with Gasteiger partial charge in [-0.1, -0.05) is 26.2 Å². The molecule has 4 fully saturated rings. The molecule has 3 saturated heterocycles. The number of halogens is 2. The fraction of sp³-hybridized carbons (Fsp3) is 0.840. The SMILES string of the molecule is CCC(C)(OC(=O)C1C2OC3C(OC(=O)C31)C2OC(=O)CCC(=O)OC(C)C(F)(F)S(=O)(=O)O)C1CCCCC1. The average molecular weight is 597 g/mol. The smallest absolute Gasteiger partial charge is 0.405 e. The summed E-state index contributed by atoms with van der Waals surface area (Å²) < 4.78 is 84.3. The number of carbonyl (C=O) groups excluding carboxylic acids is 4. The van der Waals surface area contributed by atoms with E-state index >= 15 is 0 Å². The molecule has 0 spiro atoms. The van der Waals surface area contributed by atoms with Crippen molar-refractivity contribution in [3.05, 3.63) is 0 Å². The number of hydrogen-bond acceptors (Lipinski definition) is 11. The van der Waals surface area contributed by atoms with Crippen LogP contribution >= 0.6 is 0 Å². The van der Waals surface area contributed by atoms with Crippen LogP contribution in [0.4, 0.5) is 8.78 Å². The largest absolute Gasteiger partial charge is 0.459 e. The number of fused-ring (bicyclic) bond motifs is 1. The van der Waals surface area contributed by atoms with E-state index in [4.69, 9.17) is 23.5 Å². The Morgan fingerprint density at radius 1 is 1.07 bits per heavy atom. The van der Waals surface area contributed by atoms with Crippen LogP contribution in [0.2, 0.25) is 0 Å². The molecule has 1 saturated carbocycles. The number of hydrogen-bond donors (Lipinski definition) is 1. The minimum absolute atomic E-state index is 0.173. The molecule has 15 heteroatoms. The van der Waals surface area contributed by atoms with Crippen molar-refractivity contribution in [1.82, 2.24) is 0 Å². The van der Waals surface area contributed by atoms with Crippen molar-refractivity contribution >= 4 is 34.0 Å². The first-order valence-electron chi connectivity index (χ1n) is 13.4. The summed E-state index contributed by atoms with van der Waals surface area (Å²) in [7, 11) is -5.84. The lowest BCUT2D eigenvalue weighted by Gasteiger charge is -2.40. The third kappa shape index (κ3) is 5.56. The summed E-state index contributed by atoms with van der Waals surface area (Å²) in [5, 5.41) is -4.75. The van der Waals surface area contributed by atoms with Gasteiger partial charge in [-0.2, -0.15) is 17.2 Å². The number of carbonyl (C=O) groups is 4. The van der Waals surface area contributed by atoms with Crippen LogP contribution in [0.3, 0.4) is 0 Å². The predicted octanol–water partition coefficient (Wildman–Crippen LogP) is 2.32. The Labute approximate surface area is 230 Å².